The lowest BCUT2D eigenvalue weighted by molar-refractivity contribution is 0.167. The van der Waals surface area contributed by atoms with Crippen LogP contribution in [0.15, 0.2) is 0 Å². The van der Waals surface area contributed by atoms with Crippen LogP contribution in [0.3, 0.4) is 0 Å². The van der Waals surface area contributed by atoms with Gasteiger partial charge in [-0.05, 0) is 37.6 Å². The fraction of sp³-hybridized carbons (Fsp3) is 1.00. The Kier molecular flexibility index (Phi) is 7.23. The highest BCUT2D eigenvalue weighted by Gasteiger charge is 2.31. The number of nitrogens with one attached hydrogen (secondary N) is 1. The van der Waals surface area contributed by atoms with Gasteiger partial charge in [0.25, 0.3) is 0 Å². The van der Waals surface area contributed by atoms with Crippen molar-refractivity contribution in [1.29, 1.82) is 0 Å². The predicted octanol–water partition coefficient (Wildman–Crippen LogP) is 2.30. The van der Waals surface area contributed by atoms with Gasteiger partial charge in [0.2, 0.25) is 0 Å². The minimum absolute atomic E-state index is 0.542. The summed E-state index contributed by atoms with van der Waals surface area (Å²) in [5.74, 6) is 0. The molecule has 6 heteroatoms. The van der Waals surface area contributed by atoms with E-state index in [0.29, 0.717) is 5.41 Å². The first-order valence-electron chi connectivity index (χ1n) is 6.16. The van der Waals surface area contributed by atoms with Gasteiger partial charge in [-0.15, -0.1) is 0 Å². The predicted molar refractivity (Wildman–Crippen MR) is 68.5 cm³/mol. The minimum atomic E-state index is -4.67. The minimum Gasteiger partial charge on any atom is -0.313 e. The monoisotopic (exact) mass is 267 g/mol. The molecule has 0 aliphatic carbocycles. The molecule has 17 heavy (non-hydrogen) atoms. The molecule has 0 aromatic carbocycles. The quantitative estimate of drug-likeness (QED) is 0.683. The Morgan fingerprint density at radius 3 is 2.00 bits per heavy atom. The van der Waals surface area contributed by atoms with E-state index >= 15 is 0 Å². The van der Waals surface area contributed by atoms with Crippen LogP contribution in [0, 0.1) is 5.41 Å². The van der Waals surface area contributed by atoms with Crippen molar-refractivity contribution in [3.05, 3.63) is 0 Å². The van der Waals surface area contributed by atoms with E-state index in [2.05, 4.69) is 26.1 Å². The van der Waals surface area contributed by atoms with Gasteiger partial charge in [-0.1, -0.05) is 27.2 Å². The van der Waals surface area contributed by atoms with Crippen molar-refractivity contribution in [2.24, 2.45) is 5.41 Å². The third kappa shape index (κ3) is 7.70. The molecule has 1 fully saturated rings. The van der Waals surface area contributed by atoms with Gasteiger partial charge >= 0.3 is 10.4 Å². The SMILES string of the molecule is CCC(C)(CC)C1CCCCN1.O=S(=O)(O)O. The van der Waals surface area contributed by atoms with E-state index in [-0.39, 0.29) is 0 Å². The van der Waals surface area contributed by atoms with Crippen LogP contribution >= 0.6 is 0 Å². The van der Waals surface area contributed by atoms with Crippen molar-refractivity contribution in [1.82, 2.24) is 5.32 Å². The first-order valence-corrected chi connectivity index (χ1v) is 7.56. The van der Waals surface area contributed by atoms with E-state index in [0.717, 1.165) is 6.04 Å². The van der Waals surface area contributed by atoms with Crippen LogP contribution in [0.2, 0.25) is 0 Å². The highest BCUT2D eigenvalue weighted by molar-refractivity contribution is 7.79. The summed E-state index contributed by atoms with van der Waals surface area (Å²) in [5.41, 5.74) is 0.542. The van der Waals surface area contributed by atoms with Gasteiger partial charge in [0.1, 0.15) is 0 Å². The topological polar surface area (TPSA) is 86.6 Å². The summed E-state index contributed by atoms with van der Waals surface area (Å²) in [6, 6.07) is 0.779. The maximum absolute atomic E-state index is 8.74. The maximum Gasteiger partial charge on any atom is 0.394 e. The van der Waals surface area contributed by atoms with E-state index in [4.69, 9.17) is 17.5 Å². The van der Waals surface area contributed by atoms with Crippen molar-refractivity contribution < 1.29 is 17.5 Å². The van der Waals surface area contributed by atoms with Gasteiger partial charge in [-0.3, -0.25) is 9.11 Å². The summed E-state index contributed by atoms with van der Waals surface area (Å²) in [6.07, 6.45) is 6.80. The standard InChI is InChI=1S/C11H23N.H2O4S/c1-4-11(3,5-2)10-8-6-7-9-12-10;1-5(2,3)4/h10,12H,4-9H2,1-3H3;(H2,1,2,3,4). The van der Waals surface area contributed by atoms with Gasteiger partial charge in [0.15, 0.2) is 0 Å². The Hall–Kier alpha value is -0.170. The van der Waals surface area contributed by atoms with Crippen molar-refractivity contribution in [2.45, 2.75) is 58.9 Å². The lowest BCUT2D eigenvalue weighted by Crippen LogP contribution is -2.45. The molecule has 1 rings (SSSR count). The number of hydrogen-bond donors (Lipinski definition) is 3. The zero-order chi connectivity index (χ0) is 13.5. The van der Waals surface area contributed by atoms with Crippen LogP contribution in [0.25, 0.3) is 0 Å². The Morgan fingerprint density at radius 2 is 1.71 bits per heavy atom. The molecule has 0 spiro atoms. The molecule has 0 aromatic heterocycles. The van der Waals surface area contributed by atoms with E-state index in [1.165, 1.54) is 38.6 Å². The summed E-state index contributed by atoms with van der Waals surface area (Å²) in [6.45, 7) is 8.30. The van der Waals surface area contributed by atoms with Gasteiger partial charge in [0.05, 0.1) is 0 Å². The van der Waals surface area contributed by atoms with Crippen molar-refractivity contribution >= 4 is 10.4 Å². The molecule has 1 aliphatic heterocycles. The Labute approximate surface area is 105 Å². The van der Waals surface area contributed by atoms with Gasteiger partial charge in [0, 0.05) is 6.04 Å². The lowest BCUT2D eigenvalue weighted by Gasteiger charge is -2.39. The first kappa shape index (κ1) is 16.8. The average Bonchev–Trinajstić information content (AvgIpc) is 2.27. The van der Waals surface area contributed by atoms with Gasteiger partial charge in [-0.2, -0.15) is 8.42 Å². The second-order valence-electron chi connectivity index (χ2n) is 4.81. The molecule has 1 aliphatic rings. The molecule has 0 amide bonds. The molecule has 0 radical (unpaired) electrons. The van der Waals surface area contributed by atoms with Crippen LogP contribution in [0.5, 0.6) is 0 Å². The third-order valence-corrected chi connectivity index (χ3v) is 3.77. The molecular formula is C11H25NO4S. The molecule has 1 unspecified atom stereocenters. The highest BCUT2D eigenvalue weighted by atomic mass is 32.3. The fourth-order valence-corrected chi connectivity index (χ4v) is 2.19. The third-order valence-electron chi connectivity index (χ3n) is 3.77. The van der Waals surface area contributed by atoms with Crippen molar-refractivity contribution in [2.75, 3.05) is 6.54 Å². The summed E-state index contributed by atoms with van der Waals surface area (Å²) in [4.78, 5) is 0. The molecule has 1 atom stereocenters. The molecule has 1 heterocycles. The largest absolute Gasteiger partial charge is 0.394 e. The second kappa shape index (κ2) is 7.31. The number of hydrogen-bond acceptors (Lipinski definition) is 3. The van der Waals surface area contributed by atoms with E-state index in [1.54, 1.807) is 0 Å². The second-order valence-corrected chi connectivity index (χ2v) is 5.71. The average molecular weight is 267 g/mol. The summed E-state index contributed by atoms with van der Waals surface area (Å²) >= 11 is 0. The molecule has 0 saturated carbocycles. The zero-order valence-corrected chi connectivity index (χ0v) is 11.8. The molecule has 0 bridgehead atoms. The lowest BCUT2D eigenvalue weighted by atomic mass is 9.74. The molecular weight excluding hydrogens is 242 g/mol. The molecule has 5 nitrogen and oxygen atoms in total. The van der Waals surface area contributed by atoms with Crippen LogP contribution in [0.4, 0.5) is 0 Å². The zero-order valence-electron chi connectivity index (χ0n) is 10.9. The number of piperidine rings is 1. The summed E-state index contributed by atoms with van der Waals surface area (Å²) in [7, 11) is -4.67. The molecule has 0 aromatic rings. The number of rotatable bonds is 3. The smallest absolute Gasteiger partial charge is 0.313 e. The molecule has 1 saturated heterocycles. The Morgan fingerprint density at radius 1 is 1.24 bits per heavy atom. The highest BCUT2D eigenvalue weighted by Crippen LogP contribution is 2.33. The molecule has 3 N–H and O–H groups in total. The van der Waals surface area contributed by atoms with E-state index in [9.17, 15) is 0 Å². The van der Waals surface area contributed by atoms with Gasteiger partial charge in [-0.25, -0.2) is 0 Å². The summed E-state index contributed by atoms with van der Waals surface area (Å²) in [5, 5.41) is 3.66. The van der Waals surface area contributed by atoms with E-state index in [1.807, 2.05) is 0 Å². The normalized spacial score (nSPS) is 21.6. The summed E-state index contributed by atoms with van der Waals surface area (Å²) < 4.78 is 31.6. The van der Waals surface area contributed by atoms with Crippen molar-refractivity contribution in [3.8, 4) is 0 Å². The van der Waals surface area contributed by atoms with Crippen LogP contribution < -0.4 is 5.32 Å². The van der Waals surface area contributed by atoms with Crippen LogP contribution in [0.1, 0.15) is 52.9 Å². The maximum atomic E-state index is 8.74. The molecule has 104 valence electrons. The van der Waals surface area contributed by atoms with E-state index < -0.39 is 10.4 Å². The van der Waals surface area contributed by atoms with Crippen LogP contribution in [-0.2, 0) is 10.4 Å². The van der Waals surface area contributed by atoms with Crippen molar-refractivity contribution in [3.63, 3.8) is 0 Å². The van der Waals surface area contributed by atoms with Gasteiger partial charge < -0.3 is 5.32 Å². The first-order chi connectivity index (χ1) is 7.73. The fourth-order valence-electron chi connectivity index (χ4n) is 2.19. The Balaban J connectivity index is 0.000000437. The Bertz CT molecular complexity index is 285. The van der Waals surface area contributed by atoms with Crippen LogP contribution in [-0.4, -0.2) is 30.1 Å².